The molecule has 9 heteroatoms. The van der Waals surface area contributed by atoms with E-state index in [1.54, 1.807) is 18.3 Å². The van der Waals surface area contributed by atoms with Crippen LogP contribution in [0.15, 0.2) is 59.8 Å². The van der Waals surface area contributed by atoms with E-state index in [0.717, 1.165) is 36.4 Å². The number of nitrogens with zero attached hydrogens (tertiary/aromatic N) is 5. The summed E-state index contributed by atoms with van der Waals surface area (Å²) in [6.45, 7) is 6.53. The molecule has 0 aliphatic carbocycles. The number of benzene rings is 1. The van der Waals surface area contributed by atoms with Crippen LogP contribution < -0.4 is 4.90 Å². The van der Waals surface area contributed by atoms with Gasteiger partial charge in [-0.25, -0.2) is 13.4 Å². The van der Waals surface area contributed by atoms with E-state index < -0.39 is 10.0 Å². The fourth-order valence-electron chi connectivity index (χ4n) is 5.06. The number of anilines is 1. The molecule has 3 aromatic rings. The Hall–Kier alpha value is -2.91. The number of pyridine rings is 1. The van der Waals surface area contributed by atoms with Gasteiger partial charge in [0.25, 0.3) is 0 Å². The Kier molecular flexibility index (Phi) is 6.31. The Morgan fingerprint density at radius 2 is 1.76 bits per heavy atom. The van der Waals surface area contributed by atoms with Gasteiger partial charge in [-0.15, -0.1) is 0 Å². The number of carbonyl (C=O) groups excluding carboxylic acids is 1. The van der Waals surface area contributed by atoms with Gasteiger partial charge in [-0.3, -0.25) is 4.79 Å². The summed E-state index contributed by atoms with van der Waals surface area (Å²) in [7, 11) is -3.58. The molecule has 0 saturated carbocycles. The van der Waals surface area contributed by atoms with Crippen molar-refractivity contribution < 1.29 is 13.2 Å². The fourth-order valence-corrected chi connectivity index (χ4v) is 6.57. The van der Waals surface area contributed by atoms with E-state index in [-0.39, 0.29) is 11.8 Å². The van der Waals surface area contributed by atoms with Crippen LogP contribution in [0.3, 0.4) is 0 Å². The highest BCUT2D eigenvalue weighted by Gasteiger charge is 2.34. The van der Waals surface area contributed by atoms with E-state index in [9.17, 15) is 13.2 Å². The molecular formula is C25H31N5O3S. The number of carbonyl (C=O) groups is 1. The maximum Gasteiger partial charge on any atom is 0.243 e. The maximum atomic E-state index is 13.3. The van der Waals surface area contributed by atoms with Crippen molar-refractivity contribution in [3.05, 3.63) is 54.9 Å². The average molecular weight is 482 g/mol. The highest BCUT2D eigenvalue weighted by Crippen LogP contribution is 2.28. The minimum absolute atomic E-state index is 0.117. The van der Waals surface area contributed by atoms with E-state index in [1.165, 1.54) is 4.31 Å². The van der Waals surface area contributed by atoms with Crippen LogP contribution in [0.5, 0.6) is 0 Å². The van der Waals surface area contributed by atoms with Crippen LogP contribution in [0.25, 0.3) is 10.9 Å². The number of hydrogen-bond donors (Lipinski definition) is 0. The molecule has 0 N–H and O–H groups in total. The Labute approximate surface area is 200 Å². The molecule has 5 rings (SSSR count). The minimum Gasteiger partial charge on any atom is -0.353 e. The number of aromatic nitrogens is 2. The molecule has 0 radical (unpaired) electrons. The smallest absolute Gasteiger partial charge is 0.243 e. The molecule has 1 aromatic carbocycles. The predicted octanol–water partition coefficient (Wildman–Crippen LogP) is 2.81. The second-order valence-corrected chi connectivity index (χ2v) is 10.9. The quantitative estimate of drug-likeness (QED) is 0.560. The normalized spacial score (nSPS) is 18.5. The molecular weight excluding hydrogens is 450 g/mol. The van der Waals surface area contributed by atoms with Gasteiger partial charge in [-0.05, 0) is 56.2 Å². The lowest BCUT2D eigenvalue weighted by Crippen LogP contribution is -2.52. The minimum atomic E-state index is -3.58. The first-order chi connectivity index (χ1) is 16.5. The molecule has 1 amide bonds. The van der Waals surface area contributed by atoms with Crippen molar-refractivity contribution in [3.63, 3.8) is 0 Å². The Morgan fingerprint density at radius 3 is 2.44 bits per heavy atom. The van der Waals surface area contributed by atoms with Crippen molar-refractivity contribution in [2.45, 2.75) is 31.2 Å². The number of hydrogen-bond acceptors (Lipinski definition) is 5. The van der Waals surface area contributed by atoms with Crippen molar-refractivity contribution >= 4 is 32.7 Å². The van der Waals surface area contributed by atoms with Gasteiger partial charge in [-0.2, -0.15) is 4.31 Å². The van der Waals surface area contributed by atoms with Crippen LogP contribution >= 0.6 is 0 Å². The van der Waals surface area contributed by atoms with Crippen molar-refractivity contribution in [2.24, 2.45) is 5.92 Å². The van der Waals surface area contributed by atoms with E-state index in [1.807, 2.05) is 41.4 Å². The molecule has 8 nitrogen and oxygen atoms in total. The summed E-state index contributed by atoms with van der Waals surface area (Å²) in [5, 5.41) is 0.929. The number of rotatable bonds is 5. The molecule has 2 aromatic heterocycles. The average Bonchev–Trinajstić information content (AvgIpc) is 3.31. The third kappa shape index (κ3) is 4.30. The van der Waals surface area contributed by atoms with Crippen molar-refractivity contribution in [1.29, 1.82) is 0 Å². The van der Waals surface area contributed by atoms with Crippen LogP contribution in [0, 0.1) is 5.92 Å². The molecule has 2 aliphatic heterocycles. The number of fused-ring (bicyclic) bond motifs is 1. The number of piperidine rings is 1. The van der Waals surface area contributed by atoms with E-state index in [2.05, 4.69) is 21.4 Å². The van der Waals surface area contributed by atoms with Gasteiger partial charge in [0, 0.05) is 75.0 Å². The highest BCUT2D eigenvalue weighted by molar-refractivity contribution is 7.89. The van der Waals surface area contributed by atoms with Crippen LogP contribution in [-0.4, -0.2) is 72.3 Å². The number of aryl methyl sites for hydroxylation is 1. The summed E-state index contributed by atoms with van der Waals surface area (Å²) in [4.78, 5) is 22.0. The molecule has 2 fully saturated rings. The topological polar surface area (TPSA) is 78.8 Å². The zero-order chi connectivity index (χ0) is 23.7. The molecule has 0 atom stereocenters. The summed E-state index contributed by atoms with van der Waals surface area (Å²) < 4.78 is 30.2. The Morgan fingerprint density at radius 1 is 1.00 bits per heavy atom. The van der Waals surface area contributed by atoms with Crippen LogP contribution in [-0.2, 0) is 21.4 Å². The zero-order valence-corrected chi connectivity index (χ0v) is 20.3. The number of sulfonamides is 1. The molecule has 180 valence electrons. The first-order valence-corrected chi connectivity index (χ1v) is 13.4. The lowest BCUT2D eigenvalue weighted by molar-refractivity contribution is -0.137. The van der Waals surface area contributed by atoms with Gasteiger partial charge in [-0.1, -0.05) is 6.07 Å². The first-order valence-electron chi connectivity index (χ1n) is 12.0. The maximum absolute atomic E-state index is 13.3. The first kappa shape index (κ1) is 22.9. The van der Waals surface area contributed by atoms with Gasteiger partial charge in [0.15, 0.2) is 0 Å². The summed E-state index contributed by atoms with van der Waals surface area (Å²) in [5.74, 6) is 0.978. The van der Waals surface area contributed by atoms with Crippen molar-refractivity contribution in [3.8, 4) is 0 Å². The molecule has 2 aliphatic rings. The number of piperazine rings is 1. The van der Waals surface area contributed by atoms with Crippen molar-refractivity contribution in [1.82, 2.24) is 18.8 Å². The number of amides is 1. The predicted molar refractivity (Wildman–Crippen MR) is 132 cm³/mol. The lowest BCUT2D eigenvalue weighted by atomic mass is 9.96. The molecule has 0 spiro atoms. The third-order valence-corrected chi connectivity index (χ3v) is 8.98. The van der Waals surface area contributed by atoms with Crippen LogP contribution in [0.4, 0.5) is 5.82 Å². The SMILES string of the molecule is CCn1ccc2cc(S(=O)(=O)N3CCC(C(=O)N4CCN(c5ccccn5)CC4)CC3)ccc21. The van der Waals surface area contributed by atoms with E-state index in [0.29, 0.717) is 43.9 Å². The molecule has 0 unspecified atom stereocenters. The summed E-state index contributed by atoms with van der Waals surface area (Å²) in [6.07, 6.45) is 4.89. The molecule has 4 heterocycles. The molecule has 2 saturated heterocycles. The molecule has 0 bridgehead atoms. The Balaban J connectivity index is 1.19. The van der Waals surface area contributed by atoms with E-state index in [4.69, 9.17) is 0 Å². The summed E-state index contributed by atoms with van der Waals surface area (Å²) in [5.41, 5.74) is 1.04. The van der Waals surface area contributed by atoms with Gasteiger partial charge >= 0.3 is 0 Å². The van der Waals surface area contributed by atoms with Gasteiger partial charge < -0.3 is 14.4 Å². The van der Waals surface area contributed by atoms with Crippen LogP contribution in [0.2, 0.25) is 0 Å². The second-order valence-electron chi connectivity index (χ2n) is 9.00. The zero-order valence-electron chi connectivity index (χ0n) is 19.5. The highest BCUT2D eigenvalue weighted by atomic mass is 32.2. The van der Waals surface area contributed by atoms with Crippen LogP contribution in [0.1, 0.15) is 19.8 Å². The Bertz CT molecular complexity index is 1260. The fraction of sp³-hybridized carbons (Fsp3) is 0.440. The van der Waals surface area contributed by atoms with Crippen molar-refractivity contribution in [2.75, 3.05) is 44.2 Å². The molecule has 34 heavy (non-hydrogen) atoms. The largest absolute Gasteiger partial charge is 0.353 e. The lowest BCUT2D eigenvalue weighted by Gasteiger charge is -2.38. The van der Waals surface area contributed by atoms with E-state index >= 15 is 0 Å². The van der Waals surface area contributed by atoms with Gasteiger partial charge in [0.2, 0.25) is 15.9 Å². The third-order valence-electron chi connectivity index (χ3n) is 7.09. The monoisotopic (exact) mass is 481 g/mol. The summed E-state index contributed by atoms with van der Waals surface area (Å²) in [6, 6.07) is 13.2. The van der Waals surface area contributed by atoms with Gasteiger partial charge in [0.05, 0.1) is 4.90 Å². The van der Waals surface area contributed by atoms with Gasteiger partial charge in [0.1, 0.15) is 5.82 Å². The standard InChI is InChI=1S/C25H31N5O3S/c1-2-27-12-8-21-19-22(6-7-23(21)27)34(32,33)30-13-9-20(10-14-30)25(31)29-17-15-28(16-18-29)24-5-3-4-11-26-24/h3-8,11-12,19-20H,2,9-10,13-18H2,1H3. The summed E-state index contributed by atoms with van der Waals surface area (Å²) >= 11 is 0. The second kappa shape index (κ2) is 9.38.